The second-order valence-electron chi connectivity index (χ2n) is 3.98. The van der Waals surface area contributed by atoms with Gasteiger partial charge in [-0.15, -0.1) is 0 Å². The van der Waals surface area contributed by atoms with E-state index in [-0.39, 0.29) is 24.2 Å². The molecule has 0 atom stereocenters. The normalized spacial score (nSPS) is 9.45. The number of carbonyl (C=O) groups is 2. The molecule has 7 heteroatoms. The fourth-order valence-corrected chi connectivity index (χ4v) is 1.47. The van der Waals surface area contributed by atoms with Crippen molar-refractivity contribution in [3.8, 4) is 11.8 Å². The van der Waals surface area contributed by atoms with Gasteiger partial charge in [0.05, 0.1) is 30.9 Å². The molecule has 2 amide bonds. The van der Waals surface area contributed by atoms with Gasteiger partial charge in [0.1, 0.15) is 5.75 Å². The van der Waals surface area contributed by atoms with Gasteiger partial charge < -0.3 is 20.1 Å². The molecule has 0 unspecified atom stereocenters. The highest BCUT2D eigenvalue weighted by atomic mass is 16.5. The molecule has 0 fully saturated rings. The van der Waals surface area contributed by atoms with Gasteiger partial charge in [-0.05, 0) is 12.1 Å². The summed E-state index contributed by atoms with van der Waals surface area (Å²) in [6, 6.07) is 5.72. The van der Waals surface area contributed by atoms with Gasteiger partial charge in [0.2, 0.25) is 0 Å². The van der Waals surface area contributed by atoms with Crippen molar-refractivity contribution in [2.45, 2.75) is 6.42 Å². The Balaban J connectivity index is 2.92. The number of benzene rings is 1. The summed E-state index contributed by atoms with van der Waals surface area (Å²) in [5.41, 5.74) is 0.110. The molecule has 0 aromatic heterocycles. The van der Waals surface area contributed by atoms with Crippen LogP contribution in [0.25, 0.3) is 0 Å². The van der Waals surface area contributed by atoms with Gasteiger partial charge in [0, 0.05) is 19.7 Å². The Labute approximate surface area is 116 Å². The molecule has 1 aromatic rings. The lowest BCUT2D eigenvalue weighted by Crippen LogP contribution is -2.32. The van der Waals surface area contributed by atoms with E-state index in [9.17, 15) is 9.59 Å². The standard InChI is InChI=1S/C13H15N3O4/c1-16(7-3-6-14)13(19)15-11-8-9(20-2)4-5-10(11)12(17)18/h4-5,8H,3,7H2,1-2H3,(H,15,19)(H,17,18). The Morgan fingerprint density at radius 2 is 2.20 bits per heavy atom. The Morgan fingerprint density at radius 3 is 2.75 bits per heavy atom. The van der Waals surface area contributed by atoms with Gasteiger partial charge in [-0.3, -0.25) is 0 Å². The fourth-order valence-electron chi connectivity index (χ4n) is 1.47. The zero-order valence-corrected chi connectivity index (χ0v) is 11.2. The van der Waals surface area contributed by atoms with E-state index in [4.69, 9.17) is 15.1 Å². The molecule has 0 radical (unpaired) electrons. The summed E-state index contributed by atoms with van der Waals surface area (Å²) in [6.45, 7) is 0.259. The van der Waals surface area contributed by atoms with Gasteiger partial charge in [0.25, 0.3) is 0 Å². The number of hydrogen-bond acceptors (Lipinski definition) is 4. The van der Waals surface area contributed by atoms with Crippen molar-refractivity contribution in [3.05, 3.63) is 23.8 Å². The maximum Gasteiger partial charge on any atom is 0.337 e. The molecule has 1 aromatic carbocycles. The Hall–Kier alpha value is -2.75. The summed E-state index contributed by atoms with van der Waals surface area (Å²) in [6.07, 6.45) is 0.202. The van der Waals surface area contributed by atoms with E-state index >= 15 is 0 Å². The SMILES string of the molecule is COc1ccc(C(=O)O)c(NC(=O)N(C)CCC#N)c1. The molecular weight excluding hydrogens is 262 g/mol. The maximum absolute atomic E-state index is 11.9. The van der Waals surface area contributed by atoms with Crippen LogP contribution in [0, 0.1) is 11.3 Å². The molecule has 0 spiro atoms. The van der Waals surface area contributed by atoms with Crippen molar-refractivity contribution in [2.24, 2.45) is 0 Å². The molecule has 0 saturated heterocycles. The Morgan fingerprint density at radius 1 is 1.50 bits per heavy atom. The van der Waals surface area contributed by atoms with Crippen LogP contribution in [0.4, 0.5) is 10.5 Å². The number of amides is 2. The molecule has 2 N–H and O–H groups in total. The fraction of sp³-hybridized carbons (Fsp3) is 0.308. The number of ether oxygens (including phenoxy) is 1. The van der Waals surface area contributed by atoms with E-state index in [1.54, 1.807) is 0 Å². The van der Waals surface area contributed by atoms with Crippen LogP contribution in [0.5, 0.6) is 5.75 Å². The van der Waals surface area contributed by atoms with Crippen LogP contribution < -0.4 is 10.1 Å². The quantitative estimate of drug-likeness (QED) is 0.853. The lowest BCUT2D eigenvalue weighted by Gasteiger charge is -2.17. The zero-order chi connectivity index (χ0) is 15.1. The maximum atomic E-state index is 11.9. The number of hydrogen-bond donors (Lipinski definition) is 2. The smallest absolute Gasteiger partial charge is 0.337 e. The first-order chi connectivity index (χ1) is 9.49. The molecule has 20 heavy (non-hydrogen) atoms. The number of methoxy groups -OCH3 is 1. The molecule has 0 saturated carbocycles. The van der Waals surface area contributed by atoms with Crippen LogP contribution in [-0.4, -0.2) is 42.7 Å². The molecule has 0 bridgehead atoms. The van der Waals surface area contributed by atoms with Gasteiger partial charge in [0.15, 0.2) is 0 Å². The van der Waals surface area contributed by atoms with Gasteiger partial charge in [-0.2, -0.15) is 5.26 Å². The highest BCUT2D eigenvalue weighted by Gasteiger charge is 2.15. The van der Waals surface area contributed by atoms with E-state index in [1.165, 1.54) is 37.3 Å². The molecule has 7 nitrogen and oxygen atoms in total. The van der Waals surface area contributed by atoms with Crippen LogP contribution >= 0.6 is 0 Å². The van der Waals surface area contributed by atoms with Crippen molar-refractivity contribution >= 4 is 17.7 Å². The molecule has 1 rings (SSSR count). The second kappa shape index (κ2) is 6.99. The number of carbonyl (C=O) groups excluding carboxylic acids is 1. The molecule has 106 valence electrons. The monoisotopic (exact) mass is 277 g/mol. The number of carboxylic acids is 1. The predicted octanol–water partition coefficient (Wildman–Crippen LogP) is 1.77. The van der Waals surface area contributed by atoms with E-state index in [0.29, 0.717) is 5.75 Å². The number of nitrogens with zero attached hydrogens (tertiary/aromatic N) is 2. The van der Waals surface area contributed by atoms with Crippen molar-refractivity contribution < 1.29 is 19.4 Å². The van der Waals surface area contributed by atoms with Gasteiger partial charge >= 0.3 is 12.0 Å². The summed E-state index contributed by atoms with van der Waals surface area (Å²) >= 11 is 0. The number of nitriles is 1. The lowest BCUT2D eigenvalue weighted by molar-refractivity contribution is 0.0698. The predicted molar refractivity (Wildman–Crippen MR) is 71.8 cm³/mol. The number of aromatic carboxylic acids is 1. The third-order valence-corrected chi connectivity index (χ3v) is 2.60. The van der Waals surface area contributed by atoms with Crippen LogP contribution in [0.3, 0.4) is 0 Å². The molecule has 0 heterocycles. The van der Waals surface area contributed by atoms with Crippen LogP contribution in [0.1, 0.15) is 16.8 Å². The highest BCUT2D eigenvalue weighted by Crippen LogP contribution is 2.22. The number of nitrogens with one attached hydrogen (secondary N) is 1. The minimum Gasteiger partial charge on any atom is -0.497 e. The van der Waals surface area contributed by atoms with Gasteiger partial charge in [-0.1, -0.05) is 0 Å². The topological polar surface area (TPSA) is 103 Å². The zero-order valence-electron chi connectivity index (χ0n) is 11.2. The van der Waals surface area contributed by atoms with Crippen molar-refractivity contribution in [3.63, 3.8) is 0 Å². The minimum atomic E-state index is -1.15. The minimum absolute atomic E-state index is 0.0344. The number of rotatable bonds is 5. The first kappa shape index (κ1) is 15.3. The summed E-state index contributed by atoms with van der Waals surface area (Å²) in [5, 5.41) is 20.0. The molecule has 0 aliphatic rings. The highest BCUT2D eigenvalue weighted by molar-refractivity contribution is 6.00. The lowest BCUT2D eigenvalue weighted by atomic mass is 10.1. The molecule has 0 aliphatic heterocycles. The molecule has 0 aliphatic carbocycles. The first-order valence-electron chi connectivity index (χ1n) is 5.80. The van der Waals surface area contributed by atoms with E-state index < -0.39 is 12.0 Å². The van der Waals surface area contributed by atoms with Crippen LogP contribution in [0.2, 0.25) is 0 Å². The number of anilines is 1. The summed E-state index contributed by atoms with van der Waals surface area (Å²) in [4.78, 5) is 24.3. The third kappa shape index (κ3) is 3.88. The van der Waals surface area contributed by atoms with E-state index in [0.717, 1.165) is 0 Å². The van der Waals surface area contributed by atoms with Crippen molar-refractivity contribution in [1.29, 1.82) is 5.26 Å². The summed E-state index contributed by atoms with van der Waals surface area (Å²) in [5.74, 6) is -0.715. The number of carboxylic acid groups (broad SMARTS) is 1. The average molecular weight is 277 g/mol. The van der Waals surface area contributed by atoms with Crippen molar-refractivity contribution in [1.82, 2.24) is 4.90 Å². The van der Waals surface area contributed by atoms with E-state index in [1.807, 2.05) is 6.07 Å². The second-order valence-corrected chi connectivity index (χ2v) is 3.98. The first-order valence-corrected chi connectivity index (χ1v) is 5.80. The van der Waals surface area contributed by atoms with Crippen molar-refractivity contribution in [2.75, 3.05) is 26.0 Å². The Kier molecular flexibility index (Phi) is 5.35. The van der Waals surface area contributed by atoms with E-state index in [2.05, 4.69) is 5.32 Å². The largest absolute Gasteiger partial charge is 0.497 e. The average Bonchev–Trinajstić information content (AvgIpc) is 2.44. The molecular formula is C13H15N3O4. The summed E-state index contributed by atoms with van der Waals surface area (Å²) in [7, 11) is 2.97. The summed E-state index contributed by atoms with van der Waals surface area (Å²) < 4.78 is 5.00. The van der Waals surface area contributed by atoms with Gasteiger partial charge in [-0.25, -0.2) is 9.59 Å². The van der Waals surface area contributed by atoms with Crippen LogP contribution in [-0.2, 0) is 0 Å². The van der Waals surface area contributed by atoms with Crippen LogP contribution in [0.15, 0.2) is 18.2 Å². The number of urea groups is 1. The third-order valence-electron chi connectivity index (χ3n) is 2.60. The Bertz CT molecular complexity index is 551.